The van der Waals surface area contributed by atoms with Crippen LogP contribution in [-0.4, -0.2) is 17.3 Å². The molecular weight excluding hydrogens is 168 g/mol. The van der Waals surface area contributed by atoms with Crippen LogP contribution in [0.25, 0.3) is 0 Å². The summed E-state index contributed by atoms with van der Waals surface area (Å²) in [6, 6.07) is 5.91. The topological polar surface area (TPSA) is 38.9 Å². The third-order valence-electron chi connectivity index (χ3n) is 1.27. The summed E-state index contributed by atoms with van der Waals surface area (Å²) < 4.78 is 0. The number of hydrogen-bond acceptors (Lipinski definition) is 3. The molecule has 0 saturated carbocycles. The smallest absolute Gasteiger partial charge is 0.0962 e. The molecular formula is C9H12N2S. The third kappa shape index (κ3) is 3.55. The fourth-order valence-electron chi connectivity index (χ4n) is 0.730. The first-order chi connectivity index (χ1) is 5.93. The molecule has 0 unspecified atom stereocenters. The highest BCUT2D eigenvalue weighted by Gasteiger charge is 1.88. The van der Waals surface area contributed by atoms with Gasteiger partial charge >= 0.3 is 0 Å². The average Bonchev–Trinajstić information content (AvgIpc) is 2.14. The van der Waals surface area contributed by atoms with Crippen LogP contribution in [0.15, 0.2) is 41.6 Å². The predicted molar refractivity (Wildman–Crippen MR) is 53.2 cm³/mol. The highest BCUT2D eigenvalue weighted by molar-refractivity contribution is 7.99. The lowest BCUT2D eigenvalue weighted by Crippen LogP contribution is -1.92. The van der Waals surface area contributed by atoms with Crippen molar-refractivity contribution in [3.63, 3.8) is 0 Å². The quantitative estimate of drug-likeness (QED) is 0.566. The van der Waals surface area contributed by atoms with Gasteiger partial charge in [-0.25, -0.2) is 4.98 Å². The summed E-state index contributed by atoms with van der Waals surface area (Å²) >= 11 is 1.71. The van der Waals surface area contributed by atoms with Crippen LogP contribution in [0.2, 0.25) is 0 Å². The number of hydrogen-bond donors (Lipinski definition) is 1. The second-order valence-corrected chi connectivity index (χ2v) is 3.23. The maximum absolute atomic E-state index is 5.30. The first-order valence-corrected chi connectivity index (χ1v) is 4.81. The highest BCUT2D eigenvalue weighted by atomic mass is 32.2. The van der Waals surface area contributed by atoms with Gasteiger partial charge in [0.05, 0.1) is 5.03 Å². The summed E-state index contributed by atoms with van der Waals surface area (Å²) in [5.74, 6) is 0.939. The Balaban J connectivity index is 2.29. The van der Waals surface area contributed by atoms with Crippen LogP contribution in [-0.2, 0) is 0 Å². The molecule has 0 atom stereocenters. The fourth-order valence-corrected chi connectivity index (χ4v) is 1.44. The van der Waals surface area contributed by atoms with Crippen LogP contribution < -0.4 is 5.73 Å². The van der Waals surface area contributed by atoms with Gasteiger partial charge in [0.2, 0.25) is 0 Å². The van der Waals surface area contributed by atoms with E-state index in [2.05, 4.69) is 11.1 Å². The number of aromatic nitrogens is 1. The van der Waals surface area contributed by atoms with E-state index in [-0.39, 0.29) is 0 Å². The van der Waals surface area contributed by atoms with Crippen molar-refractivity contribution < 1.29 is 0 Å². The molecule has 0 aliphatic heterocycles. The minimum atomic E-state index is 0.614. The minimum Gasteiger partial charge on any atom is -0.327 e. The first-order valence-electron chi connectivity index (χ1n) is 3.82. The van der Waals surface area contributed by atoms with Crippen molar-refractivity contribution >= 4 is 11.8 Å². The zero-order chi connectivity index (χ0) is 8.65. The molecule has 1 heterocycles. The second-order valence-electron chi connectivity index (χ2n) is 2.19. The van der Waals surface area contributed by atoms with Gasteiger partial charge in [0.25, 0.3) is 0 Å². The fraction of sp³-hybridized carbons (Fsp3) is 0.222. The molecule has 0 spiro atoms. The molecule has 0 aromatic carbocycles. The summed E-state index contributed by atoms with van der Waals surface area (Å²) in [5.41, 5.74) is 5.30. The Morgan fingerprint density at radius 3 is 3.00 bits per heavy atom. The molecule has 0 bridgehead atoms. The van der Waals surface area contributed by atoms with Crippen molar-refractivity contribution in [1.29, 1.82) is 0 Å². The summed E-state index contributed by atoms with van der Waals surface area (Å²) in [6.45, 7) is 0.614. The molecule has 0 radical (unpaired) electrons. The summed E-state index contributed by atoms with van der Waals surface area (Å²) in [4.78, 5) is 4.17. The zero-order valence-electron chi connectivity index (χ0n) is 6.81. The molecule has 0 saturated heterocycles. The second kappa shape index (κ2) is 5.80. The molecule has 2 nitrogen and oxygen atoms in total. The van der Waals surface area contributed by atoms with E-state index in [1.807, 2.05) is 24.3 Å². The molecule has 0 aliphatic carbocycles. The number of rotatable bonds is 4. The zero-order valence-corrected chi connectivity index (χ0v) is 7.63. The Morgan fingerprint density at radius 2 is 2.33 bits per heavy atom. The molecule has 1 aromatic rings. The van der Waals surface area contributed by atoms with Crippen LogP contribution in [0.1, 0.15) is 0 Å². The van der Waals surface area contributed by atoms with Crippen LogP contribution in [0.3, 0.4) is 0 Å². The molecule has 0 amide bonds. The molecule has 3 heteroatoms. The highest BCUT2D eigenvalue weighted by Crippen LogP contribution is 2.13. The molecule has 0 fully saturated rings. The van der Waals surface area contributed by atoms with Gasteiger partial charge in [0.1, 0.15) is 0 Å². The molecule has 12 heavy (non-hydrogen) atoms. The van der Waals surface area contributed by atoms with Gasteiger partial charge in [-0.2, -0.15) is 0 Å². The Kier molecular flexibility index (Phi) is 4.49. The van der Waals surface area contributed by atoms with E-state index in [0.29, 0.717) is 6.54 Å². The van der Waals surface area contributed by atoms with E-state index >= 15 is 0 Å². The Morgan fingerprint density at radius 1 is 1.42 bits per heavy atom. The summed E-state index contributed by atoms with van der Waals surface area (Å²) in [7, 11) is 0. The van der Waals surface area contributed by atoms with Crippen molar-refractivity contribution in [2.24, 2.45) is 5.73 Å². The van der Waals surface area contributed by atoms with Crippen molar-refractivity contribution in [1.82, 2.24) is 4.98 Å². The number of nitrogens with two attached hydrogens (primary N) is 1. The van der Waals surface area contributed by atoms with Crippen LogP contribution in [0, 0.1) is 0 Å². The van der Waals surface area contributed by atoms with Crippen LogP contribution in [0.4, 0.5) is 0 Å². The molecule has 1 aromatic heterocycles. The van der Waals surface area contributed by atoms with Crippen LogP contribution >= 0.6 is 11.8 Å². The lowest BCUT2D eigenvalue weighted by Gasteiger charge is -1.94. The molecule has 2 N–H and O–H groups in total. The number of thioether (sulfide) groups is 1. The Labute approximate surface area is 76.9 Å². The van der Waals surface area contributed by atoms with E-state index in [0.717, 1.165) is 10.8 Å². The van der Waals surface area contributed by atoms with Crippen molar-refractivity contribution in [3.8, 4) is 0 Å². The maximum atomic E-state index is 5.30. The van der Waals surface area contributed by atoms with E-state index in [1.165, 1.54) is 0 Å². The lowest BCUT2D eigenvalue weighted by molar-refractivity contribution is 1.14. The minimum absolute atomic E-state index is 0.614. The van der Waals surface area contributed by atoms with Crippen molar-refractivity contribution in [2.75, 3.05) is 12.3 Å². The van der Waals surface area contributed by atoms with Crippen molar-refractivity contribution in [2.45, 2.75) is 5.03 Å². The van der Waals surface area contributed by atoms with Gasteiger partial charge in [0, 0.05) is 18.5 Å². The normalized spacial score (nSPS) is 10.8. The van der Waals surface area contributed by atoms with Gasteiger partial charge in [0.15, 0.2) is 0 Å². The SMILES string of the molecule is NCC=CCSc1ccccn1. The average molecular weight is 180 g/mol. The van der Waals surface area contributed by atoms with Gasteiger partial charge in [-0.1, -0.05) is 18.2 Å². The van der Waals surface area contributed by atoms with Gasteiger partial charge in [-0.15, -0.1) is 11.8 Å². The maximum Gasteiger partial charge on any atom is 0.0962 e. The Bertz CT molecular complexity index is 234. The summed E-state index contributed by atoms with van der Waals surface area (Å²) in [6.07, 6.45) is 5.81. The summed E-state index contributed by atoms with van der Waals surface area (Å²) in [5, 5.41) is 1.05. The monoisotopic (exact) mass is 180 g/mol. The lowest BCUT2D eigenvalue weighted by atomic mass is 10.5. The van der Waals surface area contributed by atoms with E-state index in [4.69, 9.17) is 5.73 Å². The third-order valence-corrected chi connectivity index (χ3v) is 2.16. The number of nitrogens with zero attached hydrogens (tertiary/aromatic N) is 1. The number of pyridine rings is 1. The first kappa shape index (κ1) is 9.29. The standard InChI is InChI=1S/C9H12N2S/c10-6-2-4-8-12-9-5-1-3-7-11-9/h1-5,7H,6,8,10H2. The van der Waals surface area contributed by atoms with Gasteiger partial charge in [-0.05, 0) is 12.1 Å². The van der Waals surface area contributed by atoms with E-state index < -0.39 is 0 Å². The predicted octanol–water partition coefficient (Wildman–Crippen LogP) is 1.69. The molecule has 0 aliphatic rings. The molecule has 64 valence electrons. The molecule has 1 rings (SSSR count). The Hall–Kier alpha value is -0.800. The van der Waals surface area contributed by atoms with Crippen molar-refractivity contribution in [3.05, 3.63) is 36.5 Å². The largest absolute Gasteiger partial charge is 0.327 e. The van der Waals surface area contributed by atoms with Crippen LogP contribution in [0.5, 0.6) is 0 Å². The van der Waals surface area contributed by atoms with Gasteiger partial charge < -0.3 is 5.73 Å². The van der Waals surface area contributed by atoms with Gasteiger partial charge in [-0.3, -0.25) is 0 Å². The van der Waals surface area contributed by atoms with E-state index in [1.54, 1.807) is 18.0 Å². The van der Waals surface area contributed by atoms with E-state index in [9.17, 15) is 0 Å².